The molecule has 4 amide bonds. The lowest BCUT2D eigenvalue weighted by Gasteiger charge is -2.26. The van der Waals surface area contributed by atoms with E-state index in [1.165, 1.54) is 6.08 Å². The maximum absolute atomic E-state index is 12.9. The Kier molecular flexibility index (Phi) is 6.85. The number of urea groups is 1. The first-order valence-corrected chi connectivity index (χ1v) is 9.91. The van der Waals surface area contributed by atoms with E-state index >= 15 is 0 Å². The molecule has 0 aromatic heterocycles. The van der Waals surface area contributed by atoms with Crippen LogP contribution in [-0.2, 0) is 9.59 Å². The van der Waals surface area contributed by atoms with E-state index in [2.05, 4.69) is 12.2 Å². The summed E-state index contributed by atoms with van der Waals surface area (Å²) < 4.78 is 11.4. The highest BCUT2D eigenvalue weighted by molar-refractivity contribution is 6.39. The minimum Gasteiger partial charge on any atom is -0.490 e. The van der Waals surface area contributed by atoms with E-state index in [0.717, 1.165) is 17.7 Å². The Hall–Kier alpha value is -3.61. The predicted molar refractivity (Wildman–Crippen MR) is 113 cm³/mol. The fraction of sp³-hybridized carbons (Fsp3) is 0.261. The summed E-state index contributed by atoms with van der Waals surface area (Å²) in [4.78, 5) is 38.4. The van der Waals surface area contributed by atoms with Gasteiger partial charge in [0.2, 0.25) is 0 Å². The summed E-state index contributed by atoms with van der Waals surface area (Å²) in [7, 11) is 0. The second-order valence-corrected chi connectivity index (χ2v) is 6.63. The molecule has 1 fully saturated rings. The Bertz CT molecular complexity index is 969. The highest BCUT2D eigenvalue weighted by Crippen LogP contribution is 2.30. The summed E-state index contributed by atoms with van der Waals surface area (Å²) in [6.07, 6.45) is 3.38. The molecule has 2 aromatic rings. The van der Waals surface area contributed by atoms with E-state index in [4.69, 9.17) is 9.47 Å². The zero-order valence-corrected chi connectivity index (χ0v) is 17.0. The summed E-state index contributed by atoms with van der Waals surface area (Å²) in [5, 5.41) is 2.22. The standard InChI is InChI=1S/C23H24N2O5/c1-3-5-13-30-19-12-11-16(15-20(19)29-4-2)14-18-21(26)24-23(28)25(22(18)27)17-9-7-6-8-10-17/h6-12,14-15H,3-5,13H2,1-2H3,(H,24,26,28). The third-order valence-corrected chi connectivity index (χ3v) is 4.45. The average Bonchev–Trinajstić information content (AvgIpc) is 2.73. The number of imide groups is 2. The quantitative estimate of drug-likeness (QED) is 0.406. The normalized spacial score (nSPS) is 15.3. The lowest BCUT2D eigenvalue weighted by molar-refractivity contribution is -0.122. The number of carbonyl (C=O) groups excluding carboxylic acids is 3. The van der Waals surface area contributed by atoms with Crippen LogP contribution in [0.15, 0.2) is 54.1 Å². The molecule has 0 radical (unpaired) electrons. The molecule has 1 saturated heterocycles. The van der Waals surface area contributed by atoms with Gasteiger partial charge in [-0.3, -0.25) is 14.9 Å². The van der Waals surface area contributed by atoms with Gasteiger partial charge in [-0.2, -0.15) is 0 Å². The lowest BCUT2D eigenvalue weighted by Crippen LogP contribution is -2.54. The number of unbranched alkanes of at least 4 members (excludes halogenated alkanes) is 1. The minimum atomic E-state index is -0.775. The van der Waals surface area contributed by atoms with Crippen LogP contribution in [0.3, 0.4) is 0 Å². The van der Waals surface area contributed by atoms with Crippen molar-refractivity contribution in [1.29, 1.82) is 0 Å². The van der Waals surface area contributed by atoms with Crippen LogP contribution in [0.2, 0.25) is 0 Å². The first kappa shape index (κ1) is 21.1. The van der Waals surface area contributed by atoms with Crippen molar-refractivity contribution < 1.29 is 23.9 Å². The largest absolute Gasteiger partial charge is 0.490 e. The molecule has 30 heavy (non-hydrogen) atoms. The number of ether oxygens (including phenoxy) is 2. The zero-order chi connectivity index (χ0) is 21.5. The van der Waals surface area contributed by atoms with E-state index in [-0.39, 0.29) is 5.57 Å². The number of anilines is 1. The van der Waals surface area contributed by atoms with E-state index in [9.17, 15) is 14.4 Å². The molecule has 3 rings (SSSR count). The highest BCUT2D eigenvalue weighted by Gasteiger charge is 2.36. The van der Waals surface area contributed by atoms with Crippen molar-refractivity contribution in [3.8, 4) is 11.5 Å². The van der Waals surface area contributed by atoms with Gasteiger partial charge in [0, 0.05) is 0 Å². The van der Waals surface area contributed by atoms with Crippen LogP contribution in [0.1, 0.15) is 32.3 Å². The molecular weight excluding hydrogens is 384 g/mol. The van der Waals surface area contributed by atoms with Gasteiger partial charge < -0.3 is 9.47 Å². The Morgan fingerprint density at radius 1 is 0.967 bits per heavy atom. The number of amides is 4. The number of carbonyl (C=O) groups is 3. The highest BCUT2D eigenvalue weighted by atomic mass is 16.5. The van der Waals surface area contributed by atoms with Crippen molar-refractivity contribution in [2.24, 2.45) is 0 Å². The second-order valence-electron chi connectivity index (χ2n) is 6.63. The molecule has 1 N–H and O–H groups in total. The third kappa shape index (κ3) is 4.68. The first-order chi connectivity index (χ1) is 14.5. The number of hydrogen-bond donors (Lipinski definition) is 1. The number of rotatable bonds is 8. The number of nitrogens with one attached hydrogen (secondary N) is 1. The molecule has 1 heterocycles. The van der Waals surface area contributed by atoms with Crippen molar-refractivity contribution in [2.75, 3.05) is 18.1 Å². The van der Waals surface area contributed by atoms with Gasteiger partial charge in [-0.1, -0.05) is 37.6 Å². The van der Waals surface area contributed by atoms with Gasteiger partial charge in [-0.25, -0.2) is 9.69 Å². The smallest absolute Gasteiger partial charge is 0.335 e. The minimum absolute atomic E-state index is 0.138. The van der Waals surface area contributed by atoms with Crippen LogP contribution in [0.4, 0.5) is 10.5 Å². The van der Waals surface area contributed by atoms with Gasteiger partial charge in [0.25, 0.3) is 11.8 Å². The SMILES string of the molecule is CCCCOc1ccc(C=C2C(=O)NC(=O)N(c3ccccc3)C2=O)cc1OCC. The van der Waals surface area contributed by atoms with Crippen LogP contribution in [0, 0.1) is 0 Å². The molecule has 7 heteroatoms. The Morgan fingerprint density at radius 3 is 2.43 bits per heavy atom. The van der Waals surface area contributed by atoms with Crippen LogP contribution < -0.4 is 19.7 Å². The molecule has 2 aromatic carbocycles. The molecule has 0 atom stereocenters. The summed E-state index contributed by atoms with van der Waals surface area (Å²) in [5.74, 6) is -0.287. The topological polar surface area (TPSA) is 84.9 Å². The van der Waals surface area contributed by atoms with Crippen LogP contribution in [0.5, 0.6) is 11.5 Å². The molecule has 0 aliphatic carbocycles. The molecule has 0 bridgehead atoms. The molecule has 0 spiro atoms. The first-order valence-electron chi connectivity index (χ1n) is 9.91. The fourth-order valence-corrected chi connectivity index (χ4v) is 2.96. The van der Waals surface area contributed by atoms with Crippen LogP contribution in [-0.4, -0.2) is 31.1 Å². The number of barbiturate groups is 1. The van der Waals surface area contributed by atoms with Gasteiger partial charge in [-0.15, -0.1) is 0 Å². The fourth-order valence-electron chi connectivity index (χ4n) is 2.96. The van der Waals surface area contributed by atoms with Crippen molar-refractivity contribution in [1.82, 2.24) is 5.32 Å². The second kappa shape index (κ2) is 9.73. The molecule has 0 unspecified atom stereocenters. The maximum Gasteiger partial charge on any atom is 0.335 e. The lowest BCUT2D eigenvalue weighted by atomic mass is 10.1. The summed E-state index contributed by atoms with van der Waals surface area (Å²) in [6.45, 7) is 4.96. The number of nitrogens with zero attached hydrogens (tertiary/aromatic N) is 1. The Labute approximate surface area is 175 Å². The summed E-state index contributed by atoms with van der Waals surface area (Å²) in [6, 6.07) is 12.9. The Morgan fingerprint density at radius 2 is 1.73 bits per heavy atom. The predicted octanol–water partition coefficient (Wildman–Crippen LogP) is 3.93. The van der Waals surface area contributed by atoms with Crippen molar-refractivity contribution in [3.05, 3.63) is 59.7 Å². The van der Waals surface area contributed by atoms with Crippen molar-refractivity contribution in [2.45, 2.75) is 26.7 Å². The molecule has 0 saturated carbocycles. The third-order valence-electron chi connectivity index (χ3n) is 4.45. The monoisotopic (exact) mass is 408 g/mol. The Balaban J connectivity index is 1.92. The number of para-hydroxylation sites is 1. The van der Waals surface area contributed by atoms with Crippen molar-refractivity contribution >= 4 is 29.6 Å². The van der Waals surface area contributed by atoms with Gasteiger partial charge in [-0.05, 0) is 49.2 Å². The number of benzene rings is 2. The zero-order valence-electron chi connectivity index (χ0n) is 17.0. The van der Waals surface area contributed by atoms with Crippen LogP contribution in [0.25, 0.3) is 6.08 Å². The van der Waals surface area contributed by atoms with Crippen molar-refractivity contribution in [3.63, 3.8) is 0 Å². The molecular formula is C23H24N2O5. The summed E-state index contributed by atoms with van der Waals surface area (Å²) >= 11 is 0. The van der Waals surface area contributed by atoms with E-state index in [1.54, 1.807) is 48.5 Å². The molecule has 1 aliphatic rings. The van der Waals surface area contributed by atoms with Gasteiger partial charge in [0.1, 0.15) is 5.57 Å². The molecule has 7 nitrogen and oxygen atoms in total. The van der Waals surface area contributed by atoms with E-state index < -0.39 is 17.8 Å². The molecule has 156 valence electrons. The van der Waals surface area contributed by atoms with E-state index in [1.807, 2.05) is 6.92 Å². The molecule has 1 aliphatic heterocycles. The van der Waals surface area contributed by atoms with E-state index in [0.29, 0.717) is 36.0 Å². The number of hydrogen-bond acceptors (Lipinski definition) is 5. The van der Waals surface area contributed by atoms with Gasteiger partial charge in [0.15, 0.2) is 11.5 Å². The van der Waals surface area contributed by atoms with Crippen LogP contribution >= 0.6 is 0 Å². The average molecular weight is 408 g/mol. The maximum atomic E-state index is 12.9. The van der Waals surface area contributed by atoms with Gasteiger partial charge >= 0.3 is 6.03 Å². The van der Waals surface area contributed by atoms with Gasteiger partial charge in [0.05, 0.1) is 18.9 Å². The summed E-state index contributed by atoms with van der Waals surface area (Å²) in [5.41, 5.74) is 0.829.